The standard InChI is InChI=1S/C17H18Cl2N2O3S/c1-4-11-9(3)25-17(14(11)15(20)22)21-16(23)8(2)24-13-6-5-10(18)7-12(13)19/h5-8H,4H2,1-3H3,(H2,20,22)(H,21,23). The largest absolute Gasteiger partial charge is 0.479 e. The Morgan fingerprint density at radius 3 is 2.60 bits per heavy atom. The Bertz CT molecular complexity index is 820. The van der Waals surface area contributed by atoms with Crippen LogP contribution in [0.1, 0.15) is 34.6 Å². The lowest BCUT2D eigenvalue weighted by Gasteiger charge is -2.15. The van der Waals surface area contributed by atoms with Gasteiger partial charge in [0.25, 0.3) is 11.8 Å². The lowest BCUT2D eigenvalue weighted by atomic mass is 10.1. The third kappa shape index (κ3) is 4.45. The number of carbonyl (C=O) groups is 2. The fraction of sp³-hybridized carbons (Fsp3) is 0.294. The van der Waals surface area contributed by atoms with E-state index < -0.39 is 17.9 Å². The monoisotopic (exact) mass is 400 g/mol. The number of halogens is 2. The first-order chi connectivity index (χ1) is 11.7. The van der Waals surface area contributed by atoms with Gasteiger partial charge in [-0.2, -0.15) is 0 Å². The number of hydrogen-bond acceptors (Lipinski definition) is 4. The number of rotatable bonds is 6. The predicted molar refractivity (Wildman–Crippen MR) is 102 cm³/mol. The molecule has 1 heterocycles. The molecule has 0 spiro atoms. The number of primary amides is 1. The maximum Gasteiger partial charge on any atom is 0.265 e. The summed E-state index contributed by atoms with van der Waals surface area (Å²) >= 11 is 13.2. The number of amides is 2. The molecule has 5 nitrogen and oxygen atoms in total. The summed E-state index contributed by atoms with van der Waals surface area (Å²) in [6, 6.07) is 4.74. The summed E-state index contributed by atoms with van der Waals surface area (Å²) in [5, 5.41) is 3.94. The molecule has 0 aliphatic rings. The zero-order chi connectivity index (χ0) is 18.7. The van der Waals surface area contributed by atoms with E-state index >= 15 is 0 Å². The molecule has 1 aromatic carbocycles. The number of aryl methyl sites for hydroxylation is 1. The molecule has 0 saturated heterocycles. The molecule has 2 aromatic rings. The molecule has 25 heavy (non-hydrogen) atoms. The minimum absolute atomic E-state index is 0.310. The highest BCUT2D eigenvalue weighted by atomic mass is 35.5. The fourth-order valence-electron chi connectivity index (χ4n) is 2.38. The van der Waals surface area contributed by atoms with Gasteiger partial charge in [-0.05, 0) is 44.0 Å². The van der Waals surface area contributed by atoms with Crippen LogP contribution in [0.5, 0.6) is 5.75 Å². The Kier molecular flexibility index (Phi) is 6.32. The summed E-state index contributed by atoms with van der Waals surface area (Å²) in [5.74, 6) is -0.622. The second kappa shape index (κ2) is 8.08. The summed E-state index contributed by atoms with van der Waals surface area (Å²) in [7, 11) is 0. The smallest absolute Gasteiger partial charge is 0.265 e. The van der Waals surface area contributed by atoms with Crippen molar-refractivity contribution in [2.24, 2.45) is 5.73 Å². The van der Waals surface area contributed by atoms with Gasteiger partial charge in [0.1, 0.15) is 10.8 Å². The molecule has 1 aromatic heterocycles. The van der Waals surface area contributed by atoms with Crippen LogP contribution in [-0.4, -0.2) is 17.9 Å². The van der Waals surface area contributed by atoms with Crippen LogP contribution in [0.25, 0.3) is 0 Å². The van der Waals surface area contributed by atoms with Crippen molar-refractivity contribution in [2.45, 2.75) is 33.3 Å². The number of carbonyl (C=O) groups excluding carboxylic acids is 2. The van der Waals surface area contributed by atoms with Crippen molar-refractivity contribution in [1.29, 1.82) is 0 Å². The first-order valence-corrected chi connectivity index (χ1v) is 9.16. The Balaban J connectivity index is 2.18. The molecule has 2 rings (SSSR count). The van der Waals surface area contributed by atoms with E-state index in [-0.39, 0.29) is 0 Å². The second-order valence-corrected chi connectivity index (χ2v) is 7.45. The van der Waals surface area contributed by atoms with E-state index in [1.165, 1.54) is 17.4 Å². The first-order valence-electron chi connectivity index (χ1n) is 7.59. The molecule has 0 radical (unpaired) electrons. The molecular formula is C17H18Cl2N2O3S. The Morgan fingerprint density at radius 2 is 2.04 bits per heavy atom. The quantitative estimate of drug-likeness (QED) is 0.751. The van der Waals surface area contributed by atoms with Crippen molar-refractivity contribution < 1.29 is 14.3 Å². The summed E-state index contributed by atoms with van der Waals surface area (Å²) < 4.78 is 5.58. The average Bonchev–Trinajstić information content (AvgIpc) is 2.85. The molecule has 0 aliphatic heterocycles. The summed E-state index contributed by atoms with van der Waals surface area (Å²) in [6.07, 6.45) is -0.171. The topological polar surface area (TPSA) is 81.4 Å². The van der Waals surface area contributed by atoms with Crippen LogP contribution in [-0.2, 0) is 11.2 Å². The van der Waals surface area contributed by atoms with Gasteiger partial charge in [-0.25, -0.2) is 0 Å². The minimum Gasteiger partial charge on any atom is -0.479 e. The normalized spacial score (nSPS) is 11.9. The molecular weight excluding hydrogens is 383 g/mol. The number of anilines is 1. The number of nitrogens with two attached hydrogens (primary N) is 1. The van der Waals surface area contributed by atoms with Gasteiger partial charge in [0.05, 0.1) is 10.6 Å². The van der Waals surface area contributed by atoms with E-state index in [4.69, 9.17) is 33.7 Å². The third-order valence-corrected chi connectivity index (χ3v) is 5.21. The maximum absolute atomic E-state index is 12.4. The van der Waals surface area contributed by atoms with Gasteiger partial charge in [-0.1, -0.05) is 30.1 Å². The zero-order valence-electron chi connectivity index (χ0n) is 14.0. The van der Waals surface area contributed by atoms with Crippen molar-refractivity contribution in [2.75, 3.05) is 5.32 Å². The van der Waals surface area contributed by atoms with E-state index in [0.29, 0.717) is 32.8 Å². The van der Waals surface area contributed by atoms with Gasteiger partial charge in [0.15, 0.2) is 6.10 Å². The number of nitrogens with one attached hydrogen (secondary N) is 1. The molecule has 3 N–H and O–H groups in total. The maximum atomic E-state index is 12.4. The fourth-order valence-corrected chi connectivity index (χ4v) is 3.99. The zero-order valence-corrected chi connectivity index (χ0v) is 16.3. The van der Waals surface area contributed by atoms with Crippen molar-refractivity contribution >= 4 is 51.4 Å². The highest BCUT2D eigenvalue weighted by Gasteiger charge is 2.23. The predicted octanol–water partition coefficient (Wildman–Crippen LogP) is 4.43. The number of thiophene rings is 1. The van der Waals surface area contributed by atoms with Crippen molar-refractivity contribution in [3.8, 4) is 5.75 Å². The van der Waals surface area contributed by atoms with Crippen LogP contribution in [0.2, 0.25) is 10.0 Å². The van der Waals surface area contributed by atoms with Crippen LogP contribution in [0.15, 0.2) is 18.2 Å². The number of hydrogen-bond donors (Lipinski definition) is 2. The second-order valence-electron chi connectivity index (χ2n) is 5.38. The molecule has 0 fully saturated rings. The summed E-state index contributed by atoms with van der Waals surface area (Å²) in [5.41, 5.74) is 6.67. The van der Waals surface area contributed by atoms with E-state index in [0.717, 1.165) is 10.4 Å². The van der Waals surface area contributed by atoms with Crippen LogP contribution in [0.4, 0.5) is 5.00 Å². The number of ether oxygens (including phenoxy) is 1. The first kappa shape index (κ1) is 19.6. The molecule has 0 saturated carbocycles. The van der Waals surface area contributed by atoms with E-state index in [1.54, 1.807) is 19.1 Å². The van der Waals surface area contributed by atoms with Crippen LogP contribution < -0.4 is 15.8 Å². The lowest BCUT2D eigenvalue weighted by Crippen LogP contribution is -2.30. The van der Waals surface area contributed by atoms with Crippen molar-refractivity contribution in [3.05, 3.63) is 44.2 Å². The van der Waals surface area contributed by atoms with Crippen LogP contribution in [0.3, 0.4) is 0 Å². The highest BCUT2D eigenvalue weighted by Crippen LogP contribution is 2.33. The van der Waals surface area contributed by atoms with Gasteiger partial charge in [-0.15, -0.1) is 11.3 Å². The molecule has 2 amide bonds. The summed E-state index contributed by atoms with van der Waals surface area (Å²) in [6.45, 7) is 5.41. The van der Waals surface area contributed by atoms with Crippen molar-refractivity contribution in [3.63, 3.8) is 0 Å². The van der Waals surface area contributed by atoms with Gasteiger partial charge < -0.3 is 15.8 Å². The molecule has 1 unspecified atom stereocenters. The highest BCUT2D eigenvalue weighted by molar-refractivity contribution is 7.16. The minimum atomic E-state index is -0.827. The SMILES string of the molecule is CCc1c(C)sc(NC(=O)C(C)Oc2ccc(Cl)cc2Cl)c1C(N)=O. The molecule has 8 heteroatoms. The lowest BCUT2D eigenvalue weighted by molar-refractivity contribution is -0.122. The Hall–Kier alpha value is -1.76. The molecule has 0 aliphatic carbocycles. The number of benzene rings is 1. The van der Waals surface area contributed by atoms with Crippen LogP contribution in [0, 0.1) is 6.92 Å². The molecule has 134 valence electrons. The van der Waals surface area contributed by atoms with Crippen molar-refractivity contribution in [1.82, 2.24) is 0 Å². The Labute approximate surface area is 160 Å². The van der Waals surface area contributed by atoms with Gasteiger partial charge in [0, 0.05) is 9.90 Å². The molecule has 0 bridgehead atoms. The Morgan fingerprint density at radius 1 is 1.36 bits per heavy atom. The van der Waals surface area contributed by atoms with E-state index in [9.17, 15) is 9.59 Å². The van der Waals surface area contributed by atoms with E-state index in [2.05, 4.69) is 5.32 Å². The summed E-state index contributed by atoms with van der Waals surface area (Å²) in [4.78, 5) is 25.1. The average molecular weight is 401 g/mol. The van der Waals surface area contributed by atoms with Gasteiger partial charge in [-0.3, -0.25) is 9.59 Å². The van der Waals surface area contributed by atoms with Crippen LogP contribution >= 0.6 is 34.5 Å². The molecule has 1 atom stereocenters. The van der Waals surface area contributed by atoms with Gasteiger partial charge in [0.2, 0.25) is 0 Å². The van der Waals surface area contributed by atoms with E-state index in [1.807, 2.05) is 13.8 Å². The van der Waals surface area contributed by atoms with Gasteiger partial charge >= 0.3 is 0 Å². The third-order valence-electron chi connectivity index (χ3n) is 3.61.